The van der Waals surface area contributed by atoms with Gasteiger partial charge >= 0.3 is 0 Å². The Bertz CT molecular complexity index is 849. The first-order chi connectivity index (χ1) is 13.9. The number of phenolic OH excluding ortho intramolecular Hbond substituents is 1. The zero-order chi connectivity index (χ0) is 20.8. The van der Waals surface area contributed by atoms with Gasteiger partial charge in [0.25, 0.3) is 0 Å². The van der Waals surface area contributed by atoms with E-state index in [0.29, 0.717) is 26.2 Å². The van der Waals surface area contributed by atoms with Crippen molar-refractivity contribution in [2.75, 3.05) is 42.1 Å². The number of hydrogen-bond donors (Lipinski definition) is 2. The molecule has 1 fully saturated rings. The zero-order valence-corrected chi connectivity index (χ0v) is 17.6. The molecule has 0 aliphatic carbocycles. The van der Waals surface area contributed by atoms with Gasteiger partial charge < -0.3 is 20.2 Å². The number of hydrogen-bond acceptors (Lipinski definition) is 5. The molecule has 2 aromatic rings. The highest BCUT2D eigenvalue weighted by Crippen LogP contribution is 2.27. The quantitative estimate of drug-likeness (QED) is 0.761. The maximum Gasteiger partial charge on any atom is 0.235 e. The number of nitrogens with one attached hydrogen (secondary N) is 1. The first-order valence-electron chi connectivity index (χ1n) is 9.74. The Balaban J connectivity index is 1.44. The van der Waals surface area contributed by atoms with E-state index in [2.05, 4.69) is 10.2 Å². The summed E-state index contributed by atoms with van der Waals surface area (Å²) < 4.78 is 0. The molecule has 7 heteroatoms. The van der Waals surface area contributed by atoms with Crippen LogP contribution in [0.3, 0.4) is 0 Å². The minimum atomic E-state index is -0.282. The van der Waals surface area contributed by atoms with Gasteiger partial charge in [-0.05, 0) is 38.1 Å². The van der Waals surface area contributed by atoms with Crippen molar-refractivity contribution in [2.24, 2.45) is 0 Å². The summed E-state index contributed by atoms with van der Waals surface area (Å²) >= 11 is 1.35. The Kier molecular flexibility index (Phi) is 7.04. The standard InChI is InChI=1S/C22H27N3O3S/c1-16-7-9-18(10-8-16)23-21(27)15-29-17(2)22(28)25-13-11-24(12-14-25)19-5-3-4-6-20(19)26/h3-10,17,26H,11-15H2,1-2H3,(H,23,27). The fourth-order valence-corrected chi connectivity index (χ4v) is 4.03. The van der Waals surface area contributed by atoms with E-state index in [9.17, 15) is 14.7 Å². The molecule has 1 unspecified atom stereocenters. The van der Waals surface area contributed by atoms with Crippen LogP contribution in [0, 0.1) is 6.92 Å². The number of nitrogens with zero attached hydrogens (tertiary/aromatic N) is 2. The Morgan fingerprint density at radius 3 is 2.38 bits per heavy atom. The summed E-state index contributed by atoms with van der Waals surface area (Å²) in [5, 5.41) is 12.6. The summed E-state index contributed by atoms with van der Waals surface area (Å²) in [7, 11) is 0. The molecule has 0 radical (unpaired) electrons. The maximum absolute atomic E-state index is 12.7. The monoisotopic (exact) mass is 413 g/mol. The normalized spacial score (nSPS) is 15.1. The second-order valence-electron chi connectivity index (χ2n) is 7.17. The summed E-state index contributed by atoms with van der Waals surface area (Å²) in [6.45, 7) is 6.41. The van der Waals surface area contributed by atoms with Crippen LogP contribution in [0.25, 0.3) is 0 Å². The van der Waals surface area contributed by atoms with Crippen LogP contribution in [-0.2, 0) is 9.59 Å². The third-order valence-corrected chi connectivity index (χ3v) is 6.09. The fraction of sp³-hybridized carbons (Fsp3) is 0.364. The van der Waals surface area contributed by atoms with E-state index in [0.717, 1.165) is 16.9 Å². The predicted molar refractivity (Wildman–Crippen MR) is 119 cm³/mol. The lowest BCUT2D eigenvalue weighted by Crippen LogP contribution is -2.50. The Morgan fingerprint density at radius 2 is 1.72 bits per heavy atom. The smallest absolute Gasteiger partial charge is 0.235 e. The van der Waals surface area contributed by atoms with Gasteiger partial charge in [0, 0.05) is 31.9 Å². The van der Waals surface area contributed by atoms with E-state index in [1.165, 1.54) is 11.8 Å². The Morgan fingerprint density at radius 1 is 1.07 bits per heavy atom. The van der Waals surface area contributed by atoms with Crippen LogP contribution in [0.15, 0.2) is 48.5 Å². The van der Waals surface area contributed by atoms with Crippen molar-refractivity contribution in [3.05, 3.63) is 54.1 Å². The van der Waals surface area contributed by atoms with Gasteiger partial charge in [-0.15, -0.1) is 11.8 Å². The topological polar surface area (TPSA) is 72.9 Å². The SMILES string of the molecule is Cc1ccc(NC(=O)CSC(C)C(=O)N2CCN(c3ccccc3O)CC2)cc1. The molecule has 0 spiro atoms. The Hall–Kier alpha value is -2.67. The minimum absolute atomic E-state index is 0.0510. The van der Waals surface area contributed by atoms with Crippen molar-refractivity contribution in [2.45, 2.75) is 19.1 Å². The van der Waals surface area contributed by atoms with Crippen LogP contribution < -0.4 is 10.2 Å². The van der Waals surface area contributed by atoms with Crippen molar-refractivity contribution >= 4 is 35.0 Å². The molecular formula is C22H27N3O3S. The molecule has 2 N–H and O–H groups in total. The van der Waals surface area contributed by atoms with Gasteiger partial charge in [-0.25, -0.2) is 0 Å². The molecule has 0 bridgehead atoms. The highest BCUT2D eigenvalue weighted by molar-refractivity contribution is 8.01. The van der Waals surface area contributed by atoms with Gasteiger partial charge in [-0.1, -0.05) is 29.8 Å². The maximum atomic E-state index is 12.7. The van der Waals surface area contributed by atoms with Crippen LogP contribution >= 0.6 is 11.8 Å². The van der Waals surface area contributed by atoms with Crippen LogP contribution in [0.4, 0.5) is 11.4 Å². The summed E-state index contributed by atoms with van der Waals surface area (Å²) in [5.74, 6) is 0.437. The summed E-state index contributed by atoms with van der Waals surface area (Å²) in [6.07, 6.45) is 0. The van der Waals surface area contributed by atoms with Crippen LogP contribution in [0.5, 0.6) is 5.75 Å². The van der Waals surface area contributed by atoms with E-state index < -0.39 is 0 Å². The van der Waals surface area contributed by atoms with Gasteiger partial charge in [-0.3, -0.25) is 9.59 Å². The van der Waals surface area contributed by atoms with Gasteiger partial charge in [0.15, 0.2) is 0 Å². The zero-order valence-electron chi connectivity index (χ0n) is 16.8. The first-order valence-corrected chi connectivity index (χ1v) is 10.8. The van der Waals surface area contributed by atoms with E-state index in [-0.39, 0.29) is 28.6 Å². The van der Waals surface area contributed by atoms with E-state index in [1.807, 2.05) is 55.1 Å². The van der Waals surface area contributed by atoms with Crippen LogP contribution in [-0.4, -0.2) is 59.0 Å². The third kappa shape index (κ3) is 5.67. The van der Waals surface area contributed by atoms with Crippen molar-refractivity contribution < 1.29 is 14.7 Å². The molecule has 1 atom stereocenters. The highest BCUT2D eigenvalue weighted by atomic mass is 32.2. The minimum Gasteiger partial charge on any atom is -0.506 e. The van der Waals surface area contributed by atoms with E-state index >= 15 is 0 Å². The van der Waals surface area contributed by atoms with Crippen LogP contribution in [0.1, 0.15) is 12.5 Å². The molecule has 2 aromatic carbocycles. The molecule has 6 nitrogen and oxygen atoms in total. The van der Waals surface area contributed by atoms with Crippen LogP contribution in [0.2, 0.25) is 0 Å². The lowest BCUT2D eigenvalue weighted by molar-refractivity contribution is -0.130. The van der Waals surface area contributed by atoms with Gasteiger partial charge in [0.1, 0.15) is 5.75 Å². The Labute approximate surface area is 175 Å². The lowest BCUT2D eigenvalue weighted by atomic mass is 10.2. The third-order valence-electron chi connectivity index (χ3n) is 4.96. The number of carbonyl (C=O) groups excluding carboxylic acids is 2. The molecule has 1 heterocycles. The van der Waals surface area contributed by atoms with Crippen molar-refractivity contribution in [1.82, 2.24) is 4.90 Å². The number of thioether (sulfide) groups is 1. The average Bonchev–Trinajstić information content (AvgIpc) is 2.73. The number of phenols is 1. The molecular weight excluding hydrogens is 386 g/mol. The molecule has 2 amide bonds. The largest absolute Gasteiger partial charge is 0.506 e. The number of rotatable bonds is 6. The number of aryl methyl sites for hydroxylation is 1. The molecule has 1 saturated heterocycles. The molecule has 29 heavy (non-hydrogen) atoms. The van der Waals surface area contributed by atoms with Crippen molar-refractivity contribution in [3.8, 4) is 5.75 Å². The van der Waals surface area contributed by atoms with Gasteiger partial charge in [-0.2, -0.15) is 0 Å². The molecule has 1 aliphatic heterocycles. The number of piperazine rings is 1. The fourth-order valence-electron chi connectivity index (χ4n) is 3.26. The highest BCUT2D eigenvalue weighted by Gasteiger charge is 2.26. The molecule has 154 valence electrons. The second kappa shape index (κ2) is 9.69. The summed E-state index contributed by atoms with van der Waals surface area (Å²) in [4.78, 5) is 28.8. The predicted octanol–water partition coefficient (Wildman–Crippen LogP) is 3.11. The first kappa shape index (κ1) is 21.0. The van der Waals surface area contributed by atoms with Crippen molar-refractivity contribution in [1.29, 1.82) is 0 Å². The number of amides is 2. The number of para-hydroxylation sites is 2. The molecule has 3 rings (SSSR count). The summed E-state index contributed by atoms with van der Waals surface area (Å²) in [5.41, 5.74) is 2.70. The van der Waals surface area contributed by atoms with Gasteiger partial charge in [0.05, 0.1) is 16.7 Å². The molecule has 0 aromatic heterocycles. The molecule has 1 aliphatic rings. The van der Waals surface area contributed by atoms with E-state index in [4.69, 9.17) is 0 Å². The number of benzene rings is 2. The molecule has 0 saturated carbocycles. The average molecular weight is 414 g/mol. The number of carbonyl (C=O) groups is 2. The lowest BCUT2D eigenvalue weighted by Gasteiger charge is -2.37. The number of anilines is 2. The summed E-state index contributed by atoms with van der Waals surface area (Å²) in [6, 6.07) is 14.9. The number of aromatic hydroxyl groups is 1. The van der Waals surface area contributed by atoms with E-state index in [1.54, 1.807) is 12.1 Å². The van der Waals surface area contributed by atoms with Crippen molar-refractivity contribution in [3.63, 3.8) is 0 Å². The van der Waals surface area contributed by atoms with Gasteiger partial charge in [0.2, 0.25) is 11.8 Å². The second-order valence-corrected chi connectivity index (χ2v) is 8.50.